The molecule has 6 heteroatoms. The van der Waals surface area contributed by atoms with Gasteiger partial charge in [-0.25, -0.2) is 4.79 Å². The maximum absolute atomic E-state index is 11.5. The number of hydrogen-bond acceptors (Lipinski definition) is 6. The number of rotatable bonds is 3. The van der Waals surface area contributed by atoms with Crippen molar-refractivity contribution in [2.24, 2.45) is 0 Å². The third-order valence-corrected chi connectivity index (χ3v) is 2.47. The zero-order chi connectivity index (χ0) is 13.1. The van der Waals surface area contributed by atoms with E-state index in [1.165, 1.54) is 0 Å². The van der Waals surface area contributed by atoms with E-state index in [-0.39, 0.29) is 18.2 Å². The summed E-state index contributed by atoms with van der Waals surface area (Å²) >= 11 is 0. The van der Waals surface area contributed by atoms with Crippen molar-refractivity contribution in [3.05, 3.63) is 30.0 Å². The van der Waals surface area contributed by atoms with Crippen LogP contribution in [0.5, 0.6) is 5.88 Å². The number of aliphatic hydroxyl groups is 1. The van der Waals surface area contributed by atoms with Gasteiger partial charge in [-0.05, 0) is 13.0 Å². The highest BCUT2D eigenvalue weighted by atomic mass is 16.5. The molecule has 0 bridgehead atoms. The van der Waals surface area contributed by atoms with Crippen molar-refractivity contribution in [1.29, 1.82) is 0 Å². The molecule has 0 aliphatic heterocycles. The van der Waals surface area contributed by atoms with E-state index in [9.17, 15) is 15.0 Å². The first kappa shape index (κ1) is 12.3. The van der Waals surface area contributed by atoms with Crippen molar-refractivity contribution in [2.45, 2.75) is 13.0 Å². The van der Waals surface area contributed by atoms with Crippen LogP contribution in [0.25, 0.3) is 10.8 Å². The van der Waals surface area contributed by atoms with Gasteiger partial charge in [-0.15, -0.1) is 10.2 Å². The van der Waals surface area contributed by atoms with Crippen LogP contribution in [-0.4, -0.2) is 33.0 Å². The van der Waals surface area contributed by atoms with E-state index < -0.39 is 12.1 Å². The van der Waals surface area contributed by atoms with Crippen LogP contribution in [0.15, 0.2) is 24.3 Å². The molecule has 0 spiro atoms. The Morgan fingerprint density at radius 2 is 2.00 bits per heavy atom. The lowest BCUT2D eigenvalue weighted by Gasteiger charge is -2.11. The third-order valence-electron chi connectivity index (χ3n) is 2.47. The standard InChI is InChI=1S/C12H12N2O4/c1-2-18-12(17)10(15)9-7-5-3-4-6-8(7)11(16)14-13-9/h3-6,10,15H,2H2,1H3,(H,14,16). The fourth-order valence-corrected chi connectivity index (χ4v) is 1.65. The predicted molar refractivity (Wildman–Crippen MR) is 62.8 cm³/mol. The molecule has 0 radical (unpaired) electrons. The number of ether oxygens (including phenoxy) is 1. The zero-order valence-electron chi connectivity index (χ0n) is 9.70. The minimum Gasteiger partial charge on any atom is -0.492 e. The summed E-state index contributed by atoms with van der Waals surface area (Å²) in [5.74, 6) is -1.03. The molecule has 0 amide bonds. The number of benzene rings is 1. The first-order chi connectivity index (χ1) is 8.65. The summed E-state index contributed by atoms with van der Waals surface area (Å²) < 4.78 is 4.72. The molecule has 2 rings (SSSR count). The van der Waals surface area contributed by atoms with Crippen LogP contribution in [0.1, 0.15) is 18.7 Å². The van der Waals surface area contributed by atoms with Crippen LogP contribution >= 0.6 is 0 Å². The van der Waals surface area contributed by atoms with Gasteiger partial charge in [0.05, 0.1) is 6.61 Å². The van der Waals surface area contributed by atoms with Gasteiger partial charge in [-0.2, -0.15) is 0 Å². The summed E-state index contributed by atoms with van der Waals surface area (Å²) in [5, 5.41) is 27.5. The lowest BCUT2D eigenvalue weighted by Crippen LogP contribution is -2.17. The Bertz CT molecular complexity index is 585. The van der Waals surface area contributed by atoms with Gasteiger partial charge in [0.15, 0.2) is 6.10 Å². The largest absolute Gasteiger partial charge is 0.492 e. The number of fused-ring (bicyclic) bond motifs is 1. The summed E-state index contributed by atoms with van der Waals surface area (Å²) in [4.78, 5) is 11.5. The monoisotopic (exact) mass is 248 g/mol. The van der Waals surface area contributed by atoms with Crippen LogP contribution in [0.4, 0.5) is 0 Å². The molecule has 2 aromatic rings. The van der Waals surface area contributed by atoms with E-state index in [4.69, 9.17) is 4.74 Å². The molecule has 0 aliphatic rings. The number of nitrogens with zero attached hydrogens (tertiary/aromatic N) is 2. The van der Waals surface area contributed by atoms with E-state index >= 15 is 0 Å². The lowest BCUT2D eigenvalue weighted by atomic mass is 10.1. The summed E-state index contributed by atoms with van der Waals surface area (Å²) in [6.07, 6.45) is -1.51. The maximum Gasteiger partial charge on any atom is 0.341 e. The molecule has 0 aliphatic carbocycles. The highest BCUT2D eigenvalue weighted by Gasteiger charge is 2.23. The summed E-state index contributed by atoms with van der Waals surface area (Å²) in [7, 11) is 0. The van der Waals surface area contributed by atoms with Crippen molar-refractivity contribution in [1.82, 2.24) is 10.2 Å². The number of carbonyl (C=O) groups is 1. The van der Waals surface area contributed by atoms with Crippen molar-refractivity contribution in [3.63, 3.8) is 0 Å². The van der Waals surface area contributed by atoms with Gasteiger partial charge in [0, 0.05) is 10.8 Å². The number of aromatic nitrogens is 2. The Morgan fingerprint density at radius 1 is 1.33 bits per heavy atom. The van der Waals surface area contributed by atoms with Crippen LogP contribution in [-0.2, 0) is 9.53 Å². The quantitative estimate of drug-likeness (QED) is 0.785. The molecular weight excluding hydrogens is 236 g/mol. The van der Waals surface area contributed by atoms with Crippen molar-refractivity contribution in [3.8, 4) is 5.88 Å². The second kappa shape index (κ2) is 4.97. The molecule has 1 aromatic carbocycles. The highest BCUT2D eigenvalue weighted by Crippen LogP contribution is 2.27. The second-order valence-electron chi connectivity index (χ2n) is 3.61. The van der Waals surface area contributed by atoms with Crippen molar-refractivity contribution < 1.29 is 19.7 Å². The molecule has 6 nitrogen and oxygen atoms in total. The van der Waals surface area contributed by atoms with Gasteiger partial charge >= 0.3 is 5.97 Å². The van der Waals surface area contributed by atoms with E-state index in [0.717, 1.165) is 0 Å². The number of esters is 1. The van der Waals surface area contributed by atoms with Crippen LogP contribution in [0.2, 0.25) is 0 Å². The van der Waals surface area contributed by atoms with E-state index in [2.05, 4.69) is 10.2 Å². The third kappa shape index (κ3) is 2.10. The number of aromatic hydroxyl groups is 1. The van der Waals surface area contributed by atoms with E-state index in [0.29, 0.717) is 10.8 Å². The van der Waals surface area contributed by atoms with Gasteiger partial charge in [0.25, 0.3) is 0 Å². The lowest BCUT2D eigenvalue weighted by molar-refractivity contribution is -0.153. The van der Waals surface area contributed by atoms with Gasteiger partial charge in [-0.3, -0.25) is 0 Å². The average Bonchev–Trinajstić information content (AvgIpc) is 2.39. The SMILES string of the molecule is CCOC(=O)C(O)c1nnc(O)c2ccccc12. The molecule has 18 heavy (non-hydrogen) atoms. The second-order valence-corrected chi connectivity index (χ2v) is 3.61. The topological polar surface area (TPSA) is 92.5 Å². The Labute approximate surface area is 103 Å². The fourth-order valence-electron chi connectivity index (χ4n) is 1.65. The summed E-state index contributed by atoms with van der Waals surface area (Å²) in [6.45, 7) is 1.81. The molecule has 1 aromatic heterocycles. The van der Waals surface area contributed by atoms with Crippen molar-refractivity contribution in [2.75, 3.05) is 6.61 Å². The molecule has 0 saturated carbocycles. The van der Waals surface area contributed by atoms with Gasteiger partial charge < -0.3 is 14.9 Å². The Kier molecular flexibility index (Phi) is 3.38. The molecule has 1 unspecified atom stereocenters. The van der Waals surface area contributed by atoms with Gasteiger partial charge in [0.2, 0.25) is 5.88 Å². The van der Waals surface area contributed by atoms with Crippen molar-refractivity contribution >= 4 is 16.7 Å². The molecule has 94 valence electrons. The summed E-state index contributed by atoms with van der Waals surface area (Å²) in [6, 6.07) is 6.69. The number of aliphatic hydroxyl groups excluding tert-OH is 1. The van der Waals surface area contributed by atoms with Gasteiger partial charge in [0.1, 0.15) is 5.69 Å². The molecular formula is C12H12N2O4. The van der Waals surface area contributed by atoms with E-state index in [1.54, 1.807) is 31.2 Å². The summed E-state index contributed by atoms with van der Waals surface area (Å²) in [5.41, 5.74) is 0.0712. The minimum absolute atomic E-state index is 0.0712. The normalized spacial score (nSPS) is 12.3. The Morgan fingerprint density at radius 3 is 2.67 bits per heavy atom. The Hall–Kier alpha value is -2.21. The molecule has 0 saturated heterocycles. The highest BCUT2D eigenvalue weighted by molar-refractivity contribution is 5.91. The first-order valence-electron chi connectivity index (χ1n) is 5.44. The van der Waals surface area contributed by atoms with E-state index in [1.807, 2.05) is 0 Å². The predicted octanol–water partition coefficient (Wildman–Crippen LogP) is 0.932. The smallest absolute Gasteiger partial charge is 0.341 e. The zero-order valence-corrected chi connectivity index (χ0v) is 9.70. The van der Waals surface area contributed by atoms with Crippen LogP contribution < -0.4 is 0 Å². The Balaban J connectivity index is 2.51. The van der Waals surface area contributed by atoms with Crippen LogP contribution in [0.3, 0.4) is 0 Å². The molecule has 1 atom stereocenters. The van der Waals surface area contributed by atoms with Crippen LogP contribution in [0, 0.1) is 0 Å². The number of hydrogen-bond donors (Lipinski definition) is 2. The van der Waals surface area contributed by atoms with Gasteiger partial charge in [-0.1, -0.05) is 18.2 Å². The molecule has 2 N–H and O–H groups in total. The average molecular weight is 248 g/mol. The molecule has 0 fully saturated rings. The molecule has 1 heterocycles. The first-order valence-corrected chi connectivity index (χ1v) is 5.44. The maximum atomic E-state index is 11.5. The number of carbonyl (C=O) groups excluding carboxylic acids is 1. The minimum atomic E-state index is -1.51. The fraction of sp³-hybridized carbons (Fsp3) is 0.250.